The summed E-state index contributed by atoms with van der Waals surface area (Å²) in [6, 6.07) is 2.63. The summed E-state index contributed by atoms with van der Waals surface area (Å²) >= 11 is 6.78. The molecule has 306 valence electrons. The number of nitrogens with zero attached hydrogens (tertiary/aromatic N) is 2. The van der Waals surface area contributed by atoms with Gasteiger partial charge in [-0.1, -0.05) is 70.0 Å². The van der Waals surface area contributed by atoms with E-state index >= 15 is 0 Å². The number of hydrogen-bond donors (Lipinski definition) is 2. The fourth-order valence-corrected chi connectivity index (χ4v) is 7.48. The van der Waals surface area contributed by atoms with Crippen LogP contribution in [0.15, 0.2) is 35.9 Å². The van der Waals surface area contributed by atoms with Crippen molar-refractivity contribution in [1.82, 2.24) is 10.2 Å². The summed E-state index contributed by atoms with van der Waals surface area (Å²) in [5.41, 5.74) is -0.865. The van der Waals surface area contributed by atoms with Crippen molar-refractivity contribution in [2.45, 2.75) is 129 Å². The minimum atomic E-state index is -1.82. The molecule has 3 amide bonds. The van der Waals surface area contributed by atoms with Gasteiger partial charge < -0.3 is 38.6 Å². The van der Waals surface area contributed by atoms with Crippen LogP contribution >= 0.6 is 11.6 Å². The molecule has 2 N–H and O–H groups in total. The minimum absolute atomic E-state index is 0.0266. The van der Waals surface area contributed by atoms with E-state index in [0.717, 1.165) is 11.1 Å². The molecule has 0 aliphatic carbocycles. The van der Waals surface area contributed by atoms with Crippen molar-refractivity contribution in [3.8, 4) is 5.75 Å². The fraction of sp³-hybridized carbons (Fsp3) is 0.659. The van der Waals surface area contributed by atoms with Gasteiger partial charge in [-0.3, -0.25) is 14.9 Å². The van der Waals surface area contributed by atoms with Gasteiger partial charge in [0.25, 0.3) is 0 Å². The van der Waals surface area contributed by atoms with Gasteiger partial charge >= 0.3 is 12.1 Å². The van der Waals surface area contributed by atoms with Crippen LogP contribution in [0.2, 0.25) is 5.02 Å². The maximum absolute atomic E-state index is 14.2. The highest BCUT2D eigenvalue weighted by molar-refractivity contribution is 6.35. The number of rotatable bonds is 8. The number of alkyl carbamates (subject to hydrolysis) is 1. The molecular formula is C41H60ClN3O10. The second kappa shape index (κ2) is 17.2. The number of carbonyl (C=O) groups excluding carboxylic acids is 4. The number of benzene rings is 1. The summed E-state index contributed by atoms with van der Waals surface area (Å²) in [6.45, 7) is 15.5. The highest BCUT2D eigenvalue weighted by atomic mass is 35.5. The number of nitrogens with one attached hydrogen (secondary N) is 1. The van der Waals surface area contributed by atoms with Crippen LogP contribution in [0.3, 0.4) is 0 Å². The Balaban J connectivity index is 1.71. The maximum atomic E-state index is 14.2. The van der Waals surface area contributed by atoms with E-state index in [0.29, 0.717) is 24.3 Å². The van der Waals surface area contributed by atoms with Crippen LogP contribution in [-0.4, -0.2) is 104 Å². The Morgan fingerprint density at radius 1 is 1.20 bits per heavy atom. The van der Waals surface area contributed by atoms with E-state index in [2.05, 4.69) is 33.0 Å². The van der Waals surface area contributed by atoms with E-state index < -0.39 is 65.7 Å². The van der Waals surface area contributed by atoms with Crippen molar-refractivity contribution in [3.05, 3.63) is 46.5 Å². The van der Waals surface area contributed by atoms with Gasteiger partial charge in [0, 0.05) is 40.0 Å². The summed E-state index contributed by atoms with van der Waals surface area (Å²) in [4.78, 5) is 56.9. The van der Waals surface area contributed by atoms with Crippen LogP contribution in [-0.2, 0) is 39.8 Å². The monoisotopic (exact) mass is 789 g/mol. The maximum Gasteiger partial charge on any atom is 0.409 e. The number of fused-ring (bicyclic) bond motifs is 5. The molecule has 4 rings (SSSR count). The third-order valence-electron chi connectivity index (χ3n) is 11.8. The third-order valence-corrected chi connectivity index (χ3v) is 12.2. The van der Waals surface area contributed by atoms with Crippen molar-refractivity contribution < 1.29 is 48.0 Å². The Morgan fingerprint density at radius 3 is 2.49 bits per heavy atom. The number of aliphatic hydroxyl groups is 1. The minimum Gasteiger partial charge on any atom is -0.495 e. The topological polar surface area (TPSA) is 156 Å². The van der Waals surface area contributed by atoms with Gasteiger partial charge in [-0.25, -0.2) is 9.59 Å². The Bertz CT molecular complexity index is 1680. The largest absolute Gasteiger partial charge is 0.495 e. The van der Waals surface area contributed by atoms with E-state index in [1.165, 1.54) is 24.0 Å². The molecule has 1 aromatic rings. The van der Waals surface area contributed by atoms with Gasteiger partial charge in [-0.15, -0.1) is 0 Å². The molecule has 2 fully saturated rings. The van der Waals surface area contributed by atoms with Crippen molar-refractivity contribution in [1.29, 1.82) is 0 Å². The number of carbonyl (C=O) groups is 4. The number of likely N-dealkylation sites (N-methyl/N-ethyl adjacent to an activating group) is 1. The van der Waals surface area contributed by atoms with Gasteiger partial charge in [0.15, 0.2) is 5.72 Å². The molecule has 3 aliphatic heterocycles. The molecule has 0 spiro atoms. The van der Waals surface area contributed by atoms with Crippen LogP contribution in [0.5, 0.6) is 5.75 Å². The fourth-order valence-electron chi connectivity index (χ4n) is 7.17. The molecule has 55 heavy (non-hydrogen) atoms. The summed E-state index contributed by atoms with van der Waals surface area (Å²) in [7, 11) is 6.08. The van der Waals surface area contributed by atoms with E-state index in [1.54, 1.807) is 52.2 Å². The molecule has 1 aromatic carbocycles. The second-order valence-corrected chi connectivity index (χ2v) is 17.1. The standard InChI is InChI=1S/C41H60ClN3O10/c1-23-14-13-15-31(52-12)41(50)22-30(53-38(49)43-41)25(3)36-40(8,55-36)32(21-34(47)45(10)28-19-27(18-23)20-29(51-11)35(28)42)54-37(48)26(4)44(9)33(46)17-16-24(2)39(5,6)7/h13-15,19-20,24-26,30-32,36,50H,16-18,21-22H2,1-12H3,(H,43,49)/b15-13+,23-14+/t24?,25-,26+,30+,31-,32+,36+,40+,41+/m1/s1. The van der Waals surface area contributed by atoms with Crippen LogP contribution in [0.1, 0.15) is 86.6 Å². The molecular weight excluding hydrogens is 730 g/mol. The Morgan fingerprint density at radius 2 is 1.87 bits per heavy atom. The zero-order chi connectivity index (χ0) is 41.2. The lowest BCUT2D eigenvalue weighted by molar-refractivity contribution is -0.162. The van der Waals surface area contributed by atoms with E-state index in [4.69, 9.17) is 35.3 Å². The van der Waals surface area contributed by atoms with Gasteiger partial charge in [0.05, 0.1) is 25.3 Å². The highest BCUT2D eigenvalue weighted by Gasteiger charge is 2.64. The molecule has 3 heterocycles. The average molecular weight is 790 g/mol. The SMILES string of the molecule is COc1cc2cc(c1Cl)N(C)C(=O)C[C@H](OC(=O)[C@H](C)N(C)C(=O)CCC(C)C(C)(C)C)[C@]1(C)O[C@H]1[C@H](C)[C@@H]1C[C@@](O)(NC(=O)O1)[C@H](OC)/C=C/C=C(\C)C2. The van der Waals surface area contributed by atoms with Crippen LogP contribution in [0, 0.1) is 17.3 Å². The molecule has 0 saturated carbocycles. The predicted molar refractivity (Wildman–Crippen MR) is 209 cm³/mol. The molecule has 2 saturated heterocycles. The number of amides is 3. The van der Waals surface area contributed by atoms with E-state index in [9.17, 15) is 24.3 Å². The Labute approximate surface area is 330 Å². The quantitative estimate of drug-likeness (QED) is 0.238. The van der Waals surface area contributed by atoms with Crippen LogP contribution in [0.4, 0.5) is 10.5 Å². The normalized spacial score (nSPS) is 31.4. The number of ether oxygens (including phenoxy) is 5. The molecule has 0 aromatic heterocycles. The molecule has 14 heteroatoms. The first-order valence-electron chi connectivity index (χ1n) is 18.9. The van der Waals surface area contributed by atoms with E-state index in [-0.39, 0.29) is 41.5 Å². The summed E-state index contributed by atoms with van der Waals surface area (Å²) in [5.74, 6) is -1.20. The number of hydrogen-bond acceptors (Lipinski definition) is 10. The van der Waals surface area contributed by atoms with Crippen LogP contribution < -0.4 is 15.0 Å². The predicted octanol–water partition coefficient (Wildman–Crippen LogP) is 5.98. The number of methoxy groups -OCH3 is 2. The molecule has 9 atom stereocenters. The molecule has 0 radical (unpaired) electrons. The lowest BCUT2D eigenvalue weighted by Crippen LogP contribution is -2.63. The molecule has 1 unspecified atom stereocenters. The van der Waals surface area contributed by atoms with Gasteiger partial charge in [0.1, 0.15) is 40.7 Å². The second-order valence-electron chi connectivity index (χ2n) is 16.7. The summed E-state index contributed by atoms with van der Waals surface area (Å²) < 4.78 is 29.3. The molecule has 4 bridgehead atoms. The van der Waals surface area contributed by atoms with Gasteiger partial charge in [-0.2, -0.15) is 0 Å². The zero-order valence-electron chi connectivity index (χ0n) is 34.4. The Hall–Kier alpha value is -3.65. The van der Waals surface area contributed by atoms with Crippen LogP contribution in [0.25, 0.3) is 0 Å². The highest BCUT2D eigenvalue weighted by Crippen LogP contribution is 2.49. The number of esters is 1. The number of epoxide rings is 1. The molecule has 13 nitrogen and oxygen atoms in total. The summed E-state index contributed by atoms with van der Waals surface area (Å²) in [5, 5.41) is 14.5. The van der Waals surface area contributed by atoms with Gasteiger partial charge in [0.2, 0.25) is 11.8 Å². The average Bonchev–Trinajstić information content (AvgIpc) is 3.81. The van der Waals surface area contributed by atoms with Crippen molar-refractivity contribution in [2.24, 2.45) is 17.3 Å². The third kappa shape index (κ3) is 10.0. The first-order chi connectivity index (χ1) is 25.6. The van der Waals surface area contributed by atoms with E-state index in [1.807, 2.05) is 19.9 Å². The van der Waals surface area contributed by atoms with Gasteiger partial charge in [-0.05, 0) is 62.6 Å². The zero-order valence-corrected chi connectivity index (χ0v) is 35.1. The Kier molecular flexibility index (Phi) is 13.8. The lowest BCUT2D eigenvalue weighted by Gasteiger charge is -2.42. The number of anilines is 1. The molecule has 3 aliphatic rings. The summed E-state index contributed by atoms with van der Waals surface area (Å²) in [6.07, 6.45) is 1.92. The lowest BCUT2D eigenvalue weighted by atomic mass is 9.79. The first-order valence-corrected chi connectivity index (χ1v) is 19.3. The van der Waals surface area contributed by atoms with Crippen molar-refractivity contribution in [2.75, 3.05) is 33.2 Å². The first kappa shape index (κ1) is 44.1. The number of allylic oxidation sites excluding steroid dienone is 3. The smallest absolute Gasteiger partial charge is 0.409 e. The van der Waals surface area contributed by atoms with Crippen molar-refractivity contribution in [3.63, 3.8) is 0 Å². The van der Waals surface area contributed by atoms with Crippen molar-refractivity contribution >= 4 is 41.2 Å². The number of halogens is 1.